The zero-order chi connectivity index (χ0) is 28.7. The van der Waals surface area contributed by atoms with Crippen LogP contribution in [0.1, 0.15) is 30.5 Å². The molecule has 2 fully saturated rings. The molecule has 0 aliphatic carbocycles. The SMILES string of the molecule is COc1ccc(CO[C@@H]2[C@@H](OC)O[C@H]([C@H]3COC(C)(C)O3)[C@@H](OCc3ccccc3)[C@@H]2OCc2ccccc2)cc1. The topological polar surface area (TPSA) is 73.8 Å². The lowest BCUT2D eigenvalue weighted by Crippen LogP contribution is -2.63. The van der Waals surface area contributed by atoms with E-state index < -0.39 is 36.5 Å². The molecule has 3 aromatic rings. The molecule has 8 heteroatoms. The minimum atomic E-state index is -0.733. The van der Waals surface area contributed by atoms with Crippen molar-refractivity contribution >= 4 is 0 Å². The number of hydrogen-bond acceptors (Lipinski definition) is 8. The van der Waals surface area contributed by atoms with E-state index in [1.807, 2.05) is 98.8 Å². The van der Waals surface area contributed by atoms with Crippen LogP contribution in [0, 0.1) is 0 Å². The first-order valence-corrected chi connectivity index (χ1v) is 14.0. The molecule has 8 nitrogen and oxygen atoms in total. The van der Waals surface area contributed by atoms with Gasteiger partial charge in [0, 0.05) is 7.11 Å². The van der Waals surface area contributed by atoms with Crippen LogP contribution < -0.4 is 4.74 Å². The van der Waals surface area contributed by atoms with Gasteiger partial charge in [0.15, 0.2) is 12.1 Å². The highest BCUT2D eigenvalue weighted by Gasteiger charge is 2.53. The Morgan fingerprint density at radius 3 is 1.73 bits per heavy atom. The summed E-state index contributed by atoms with van der Waals surface area (Å²) in [5.74, 6) is 0.0513. The average Bonchev–Trinajstić information content (AvgIpc) is 3.38. The van der Waals surface area contributed by atoms with Gasteiger partial charge in [-0.3, -0.25) is 0 Å². The van der Waals surface area contributed by atoms with Crippen LogP contribution in [0.4, 0.5) is 0 Å². The van der Waals surface area contributed by atoms with Crippen LogP contribution in [0.25, 0.3) is 0 Å². The van der Waals surface area contributed by atoms with Crippen molar-refractivity contribution in [2.75, 3.05) is 20.8 Å². The standard InChI is InChI=1S/C33H40O8/c1-33(2)39-22-27(41-33)28-29(36-19-23-11-7-5-8-12-23)30(37-20-24-13-9-6-10-14-24)31(32(35-4)40-28)38-21-25-15-17-26(34-3)18-16-25/h5-18,27-32H,19-22H2,1-4H3/t27-,28-,29-,30+,31+,32+/m1/s1. The molecule has 0 spiro atoms. The summed E-state index contributed by atoms with van der Waals surface area (Å²) in [6.45, 7) is 5.23. The van der Waals surface area contributed by atoms with Crippen molar-refractivity contribution in [3.05, 3.63) is 102 Å². The van der Waals surface area contributed by atoms with Crippen LogP contribution >= 0.6 is 0 Å². The van der Waals surface area contributed by atoms with Crippen LogP contribution in [0.2, 0.25) is 0 Å². The number of methoxy groups -OCH3 is 2. The minimum absolute atomic E-state index is 0.329. The number of ether oxygens (including phenoxy) is 8. The van der Waals surface area contributed by atoms with E-state index in [4.69, 9.17) is 37.9 Å². The molecule has 0 aromatic heterocycles. The van der Waals surface area contributed by atoms with E-state index in [1.165, 1.54) is 0 Å². The van der Waals surface area contributed by atoms with E-state index in [9.17, 15) is 0 Å². The molecule has 0 bridgehead atoms. The van der Waals surface area contributed by atoms with Gasteiger partial charge >= 0.3 is 0 Å². The maximum atomic E-state index is 6.66. The van der Waals surface area contributed by atoms with E-state index in [1.54, 1.807) is 14.2 Å². The maximum absolute atomic E-state index is 6.66. The smallest absolute Gasteiger partial charge is 0.186 e. The van der Waals surface area contributed by atoms with Crippen LogP contribution in [-0.2, 0) is 53.0 Å². The predicted octanol–water partition coefficient (Wildman–Crippen LogP) is 5.27. The van der Waals surface area contributed by atoms with Gasteiger partial charge in [-0.25, -0.2) is 0 Å². The lowest BCUT2D eigenvalue weighted by Gasteiger charge is -2.46. The van der Waals surface area contributed by atoms with E-state index in [2.05, 4.69) is 0 Å². The van der Waals surface area contributed by atoms with Crippen LogP contribution in [-0.4, -0.2) is 63.4 Å². The Morgan fingerprint density at radius 2 is 1.22 bits per heavy atom. The Balaban J connectivity index is 1.43. The van der Waals surface area contributed by atoms with Crippen molar-refractivity contribution in [1.82, 2.24) is 0 Å². The molecule has 3 aromatic carbocycles. The van der Waals surface area contributed by atoms with E-state index in [-0.39, 0.29) is 6.10 Å². The summed E-state index contributed by atoms with van der Waals surface area (Å²) in [4.78, 5) is 0. The highest BCUT2D eigenvalue weighted by Crippen LogP contribution is 2.36. The van der Waals surface area contributed by atoms with Crippen molar-refractivity contribution in [2.45, 2.75) is 76.3 Å². The second kappa shape index (κ2) is 13.9. The Bertz CT molecular complexity index is 1190. The maximum Gasteiger partial charge on any atom is 0.186 e. The second-order valence-corrected chi connectivity index (χ2v) is 10.7. The third-order valence-electron chi connectivity index (χ3n) is 7.33. The third-order valence-corrected chi connectivity index (χ3v) is 7.33. The third kappa shape index (κ3) is 7.72. The molecule has 220 valence electrons. The molecule has 2 heterocycles. The number of rotatable bonds is 12. The summed E-state index contributed by atoms with van der Waals surface area (Å²) >= 11 is 0. The average molecular weight is 565 g/mol. The summed E-state index contributed by atoms with van der Waals surface area (Å²) in [5, 5.41) is 0. The first-order chi connectivity index (χ1) is 20.0. The number of hydrogen-bond donors (Lipinski definition) is 0. The molecule has 0 N–H and O–H groups in total. The van der Waals surface area contributed by atoms with Gasteiger partial charge in [0.05, 0.1) is 33.5 Å². The quantitative estimate of drug-likeness (QED) is 0.295. The fraction of sp³-hybridized carbons (Fsp3) is 0.455. The second-order valence-electron chi connectivity index (χ2n) is 10.7. The van der Waals surface area contributed by atoms with Crippen LogP contribution in [0.15, 0.2) is 84.9 Å². The highest BCUT2D eigenvalue weighted by molar-refractivity contribution is 5.26. The van der Waals surface area contributed by atoms with Gasteiger partial charge in [-0.15, -0.1) is 0 Å². The summed E-state index contributed by atoms with van der Waals surface area (Å²) in [6, 6.07) is 27.9. The van der Waals surface area contributed by atoms with Crippen molar-refractivity contribution < 1.29 is 37.9 Å². The van der Waals surface area contributed by atoms with E-state index in [0.717, 1.165) is 22.4 Å². The fourth-order valence-electron chi connectivity index (χ4n) is 5.21. The van der Waals surface area contributed by atoms with Gasteiger partial charge in [0.1, 0.15) is 36.3 Å². The Labute approximate surface area is 242 Å². The van der Waals surface area contributed by atoms with Gasteiger partial charge in [-0.2, -0.15) is 0 Å². The van der Waals surface area contributed by atoms with Gasteiger partial charge in [-0.1, -0.05) is 72.8 Å². The van der Waals surface area contributed by atoms with Crippen LogP contribution in [0.5, 0.6) is 5.75 Å². The van der Waals surface area contributed by atoms with E-state index in [0.29, 0.717) is 26.4 Å². The first-order valence-electron chi connectivity index (χ1n) is 14.0. The zero-order valence-electron chi connectivity index (χ0n) is 24.1. The van der Waals surface area contributed by atoms with E-state index >= 15 is 0 Å². The van der Waals surface area contributed by atoms with Crippen molar-refractivity contribution in [3.63, 3.8) is 0 Å². The summed E-state index contributed by atoms with van der Waals surface area (Å²) < 4.78 is 49.7. The Kier molecular flexibility index (Phi) is 10.1. The summed E-state index contributed by atoms with van der Waals surface area (Å²) in [5.41, 5.74) is 3.07. The predicted molar refractivity (Wildman–Crippen MR) is 152 cm³/mol. The molecule has 0 amide bonds. The van der Waals surface area contributed by atoms with Gasteiger partial charge in [-0.05, 0) is 42.7 Å². The van der Waals surface area contributed by atoms with Crippen molar-refractivity contribution in [2.24, 2.45) is 0 Å². The molecule has 6 atom stereocenters. The molecule has 0 saturated carbocycles. The molecular weight excluding hydrogens is 524 g/mol. The van der Waals surface area contributed by atoms with Gasteiger partial charge in [0.2, 0.25) is 0 Å². The Hall–Kier alpha value is -2.82. The molecule has 2 aliphatic heterocycles. The fourth-order valence-corrected chi connectivity index (χ4v) is 5.21. The largest absolute Gasteiger partial charge is 0.497 e. The lowest BCUT2D eigenvalue weighted by atomic mass is 9.94. The molecule has 0 radical (unpaired) electrons. The summed E-state index contributed by atoms with van der Waals surface area (Å²) in [7, 11) is 3.26. The summed E-state index contributed by atoms with van der Waals surface area (Å²) in [6.07, 6.45) is -3.27. The van der Waals surface area contributed by atoms with Gasteiger partial charge in [0.25, 0.3) is 0 Å². The number of benzene rings is 3. The minimum Gasteiger partial charge on any atom is -0.497 e. The normalized spacial score (nSPS) is 27.5. The molecular formula is C33H40O8. The monoisotopic (exact) mass is 564 g/mol. The first kappa shape index (κ1) is 29.7. The molecule has 0 unspecified atom stereocenters. The van der Waals surface area contributed by atoms with Crippen LogP contribution in [0.3, 0.4) is 0 Å². The lowest BCUT2D eigenvalue weighted by molar-refractivity contribution is -0.331. The molecule has 2 aliphatic rings. The molecule has 41 heavy (non-hydrogen) atoms. The zero-order valence-corrected chi connectivity index (χ0v) is 24.1. The van der Waals surface area contributed by atoms with Gasteiger partial charge < -0.3 is 37.9 Å². The van der Waals surface area contributed by atoms with Crippen molar-refractivity contribution in [3.8, 4) is 5.75 Å². The highest BCUT2D eigenvalue weighted by atomic mass is 16.8. The molecule has 2 saturated heterocycles. The Morgan fingerprint density at radius 1 is 0.683 bits per heavy atom. The van der Waals surface area contributed by atoms with Crippen molar-refractivity contribution in [1.29, 1.82) is 0 Å². The molecule has 5 rings (SSSR count).